The maximum atomic E-state index is 12.0. The SMILES string of the molecule is Cc1cc(NC(=O)COc2cccc(N(C=N)NN)c2)ccc1Br. The van der Waals surface area contributed by atoms with Crippen molar-refractivity contribution in [3.05, 3.63) is 52.5 Å². The zero-order chi connectivity index (χ0) is 17.5. The van der Waals surface area contributed by atoms with E-state index in [0.717, 1.165) is 16.4 Å². The molecule has 0 aliphatic rings. The third-order valence-electron chi connectivity index (χ3n) is 3.18. The molecule has 2 aromatic carbocycles. The second-order valence-electron chi connectivity index (χ2n) is 4.93. The number of nitrogens with one attached hydrogen (secondary N) is 3. The molecular weight excluding hydrogens is 374 g/mol. The number of anilines is 2. The Labute approximate surface area is 148 Å². The van der Waals surface area contributed by atoms with Crippen molar-refractivity contribution < 1.29 is 9.53 Å². The number of hydrazine groups is 2. The summed E-state index contributed by atoms with van der Waals surface area (Å²) in [6.45, 7) is 1.82. The number of nitrogens with two attached hydrogens (primary N) is 1. The van der Waals surface area contributed by atoms with Crippen LogP contribution in [-0.2, 0) is 4.79 Å². The first kappa shape index (κ1) is 17.9. The van der Waals surface area contributed by atoms with Gasteiger partial charge in [-0.3, -0.25) is 21.1 Å². The van der Waals surface area contributed by atoms with E-state index in [1.165, 1.54) is 5.01 Å². The van der Waals surface area contributed by atoms with E-state index in [2.05, 4.69) is 26.8 Å². The number of nitrogens with zero attached hydrogens (tertiary/aromatic N) is 1. The van der Waals surface area contributed by atoms with Crippen LogP contribution >= 0.6 is 15.9 Å². The third-order valence-corrected chi connectivity index (χ3v) is 4.07. The fraction of sp³-hybridized carbons (Fsp3) is 0.125. The van der Waals surface area contributed by atoms with E-state index in [4.69, 9.17) is 16.0 Å². The van der Waals surface area contributed by atoms with Crippen molar-refractivity contribution in [2.24, 2.45) is 5.84 Å². The Morgan fingerprint density at radius 1 is 1.38 bits per heavy atom. The number of amides is 1. The van der Waals surface area contributed by atoms with Crippen LogP contribution in [0, 0.1) is 12.3 Å². The molecule has 0 heterocycles. The van der Waals surface area contributed by atoms with Gasteiger partial charge in [-0.05, 0) is 42.8 Å². The lowest BCUT2D eigenvalue weighted by atomic mass is 10.2. The maximum absolute atomic E-state index is 12.0. The molecule has 0 saturated heterocycles. The highest BCUT2D eigenvalue weighted by Crippen LogP contribution is 2.21. The van der Waals surface area contributed by atoms with Crippen molar-refractivity contribution >= 4 is 39.6 Å². The zero-order valence-corrected chi connectivity index (χ0v) is 14.6. The van der Waals surface area contributed by atoms with Crippen LogP contribution in [0.5, 0.6) is 5.75 Å². The summed E-state index contributed by atoms with van der Waals surface area (Å²) < 4.78 is 6.47. The smallest absolute Gasteiger partial charge is 0.262 e. The highest BCUT2D eigenvalue weighted by atomic mass is 79.9. The molecule has 0 atom stereocenters. The first-order valence-electron chi connectivity index (χ1n) is 7.08. The van der Waals surface area contributed by atoms with Crippen LogP contribution in [0.1, 0.15) is 5.56 Å². The van der Waals surface area contributed by atoms with Crippen molar-refractivity contribution in [2.75, 3.05) is 16.9 Å². The van der Waals surface area contributed by atoms with Gasteiger partial charge in [-0.25, -0.2) is 0 Å². The molecule has 0 radical (unpaired) electrons. The molecule has 5 N–H and O–H groups in total. The lowest BCUT2D eigenvalue weighted by Crippen LogP contribution is -2.41. The number of hydrogen-bond acceptors (Lipinski definition) is 5. The van der Waals surface area contributed by atoms with E-state index >= 15 is 0 Å². The van der Waals surface area contributed by atoms with Gasteiger partial charge in [0.25, 0.3) is 5.91 Å². The number of halogens is 1. The monoisotopic (exact) mass is 391 g/mol. The Morgan fingerprint density at radius 2 is 2.17 bits per heavy atom. The van der Waals surface area contributed by atoms with E-state index in [0.29, 0.717) is 17.1 Å². The topological polar surface area (TPSA) is 103 Å². The van der Waals surface area contributed by atoms with Gasteiger partial charge in [0.1, 0.15) is 12.1 Å². The number of carbonyl (C=O) groups is 1. The minimum Gasteiger partial charge on any atom is -0.484 e. The number of carbonyl (C=O) groups excluding carboxylic acids is 1. The standard InChI is InChI=1S/C16H18BrN5O2/c1-11-7-12(5-6-15(11)17)20-16(23)9-24-14-4-2-3-13(8-14)22(10-18)21-19/h2-8,10,18,21H,9,19H2,1H3,(H,20,23). The lowest BCUT2D eigenvalue weighted by molar-refractivity contribution is -0.118. The predicted molar refractivity (Wildman–Crippen MR) is 98.0 cm³/mol. The lowest BCUT2D eigenvalue weighted by Gasteiger charge is -2.17. The second kappa shape index (κ2) is 8.44. The molecule has 24 heavy (non-hydrogen) atoms. The Balaban J connectivity index is 1.95. The van der Waals surface area contributed by atoms with Crippen molar-refractivity contribution in [2.45, 2.75) is 6.92 Å². The number of benzene rings is 2. The quantitative estimate of drug-likeness (QED) is 0.251. The maximum Gasteiger partial charge on any atom is 0.262 e. The third kappa shape index (κ3) is 4.79. The molecule has 8 heteroatoms. The summed E-state index contributed by atoms with van der Waals surface area (Å²) in [4.78, 5) is 12.0. The molecule has 1 amide bonds. The molecular formula is C16H18BrN5O2. The number of rotatable bonds is 7. The molecule has 7 nitrogen and oxygen atoms in total. The van der Waals surface area contributed by atoms with Crippen molar-refractivity contribution in [1.82, 2.24) is 5.53 Å². The van der Waals surface area contributed by atoms with Crippen molar-refractivity contribution in [3.8, 4) is 5.75 Å². The molecule has 0 unspecified atom stereocenters. The van der Waals surface area contributed by atoms with Gasteiger partial charge in [-0.1, -0.05) is 22.0 Å². The van der Waals surface area contributed by atoms with Crippen LogP contribution in [0.15, 0.2) is 46.9 Å². The van der Waals surface area contributed by atoms with Gasteiger partial charge in [-0.15, -0.1) is 0 Å². The molecule has 2 aromatic rings. The van der Waals surface area contributed by atoms with Crippen LogP contribution in [0.4, 0.5) is 11.4 Å². The summed E-state index contributed by atoms with van der Waals surface area (Å²) in [7, 11) is 0. The van der Waals surface area contributed by atoms with Gasteiger partial charge in [0.05, 0.1) is 5.69 Å². The Kier molecular flexibility index (Phi) is 6.30. The number of hydrogen-bond donors (Lipinski definition) is 4. The Hall–Kier alpha value is -2.42. The summed E-state index contributed by atoms with van der Waals surface area (Å²) in [5.41, 5.74) is 4.71. The fourth-order valence-electron chi connectivity index (χ4n) is 1.98. The van der Waals surface area contributed by atoms with Crippen LogP contribution in [0.3, 0.4) is 0 Å². The van der Waals surface area contributed by atoms with Gasteiger partial charge in [0.15, 0.2) is 6.61 Å². The normalized spacial score (nSPS) is 10.1. The van der Waals surface area contributed by atoms with E-state index in [1.54, 1.807) is 24.3 Å². The minimum atomic E-state index is -0.261. The average Bonchev–Trinajstić information content (AvgIpc) is 2.58. The van der Waals surface area contributed by atoms with Gasteiger partial charge in [0.2, 0.25) is 0 Å². The highest BCUT2D eigenvalue weighted by Gasteiger charge is 2.07. The molecule has 0 fully saturated rings. The van der Waals surface area contributed by atoms with Gasteiger partial charge >= 0.3 is 0 Å². The zero-order valence-electron chi connectivity index (χ0n) is 13.0. The molecule has 0 bridgehead atoms. The molecule has 0 aliphatic heterocycles. The largest absolute Gasteiger partial charge is 0.484 e. The van der Waals surface area contributed by atoms with Gasteiger partial charge in [0, 0.05) is 16.2 Å². The molecule has 0 aliphatic carbocycles. The second-order valence-corrected chi connectivity index (χ2v) is 5.78. The molecule has 0 spiro atoms. The molecule has 2 rings (SSSR count). The fourth-order valence-corrected chi connectivity index (χ4v) is 2.22. The van der Waals surface area contributed by atoms with E-state index in [-0.39, 0.29) is 12.5 Å². The minimum absolute atomic E-state index is 0.126. The molecule has 0 saturated carbocycles. The van der Waals surface area contributed by atoms with Crippen LogP contribution in [0.2, 0.25) is 0 Å². The molecule has 126 valence electrons. The number of aryl methyl sites for hydroxylation is 1. The van der Waals surface area contributed by atoms with Crippen molar-refractivity contribution in [3.63, 3.8) is 0 Å². The number of ether oxygens (including phenoxy) is 1. The summed E-state index contributed by atoms with van der Waals surface area (Å²) in [6, 6.07) is 12.4. The Morgan fingerprint density at radius 3 is 2.83 bits per heavy atom. The van der Waals surface area contributed by atoms with Gasteiger partial charge in [-0.2, -0.15) is 5.53 Å². The van der Waals surface area contributed by atoms with E-state index in [9.17, 15) is 4.79 Å². The first-order valence-corrected chi connectivity index (χ1v) is 7.87. The van der Waals surface area contributed by atoms with Gasteiger partial charge < -0.3 is 10.1 Å². The Bertz CT molecular complexity index is 738. The predicted octanol–water partition coefficient (Wildman–Crippen LogP) is 2.57. The highest BCUT2D eigenvalue weighted by molar-refractivity contribution is 9.10. The summed E-state index contributed by atoms with van der Waals surface area (Å²) in [6.07, 6.45) is 1.03. The average molecular weight is 392 g/mol. The first-order chi connectivity index (χ1) is 11.5. The molecule has 0 aromatic heterocycles. The van der Waals surface area contributed by atoms with Crippen LogP contribution < -0.4 is 26.4 Å². The summed E-state index contributed by atoms with van der Waals surface area (Å²) in [5, 5.41) is 11.3. The van der Waals surface area contributed by atoms with E-state index in [1.807, 2.05) is 25.1 Å². The van der Waals surface area contributed by atoms with E-state index < -0.39 is 0 Å². The van der Waals surface area contributed by atoms with Crippen molar-refractivity contribution in [1.29, 1.82) is 5.41 Å². The van der Waals surface area contributed by atoms with Crippen LogP contribution in [-0.4, -0.2) is 18.9 Å². The summed E-state index contributed by atoms with van der Waals surface area (Å²) in [5.74, 6) is 5.55. The van der Waals surface area contributed by atoms with Crippen LogP contribution in [0.25, 0.3) is 0 Å². The summed E-state index contributed by atoms with van der Waals surface area (Å²) >= 11 is 3.42.